The van der Waals surface area contributed by atoms with Crippen molar-refractivity contribution in [2.75, 3.05) is 10.8 Å². The minimum Gasteiger partial charge on any atom is -0.455 e. The molecule has 0 atom stereocenters. The van der Waals surface area contributed by atoms with Crippen LogP contribution in [-0.2, 0) is 14.8 Å². The molecule has 4 aromatic rings. The number of aryl methyl sites for hydroxylation is 1. The lowest BCUT2D eigenvalue weighted by molar-refractivity contribution is -0.384. The van der Waals surface area contributed by atoms with Gasteiger partial charge in [0.15, 0.2) is 0 Å². The maximum atomic E-state index is 13.4. The van der Waals surface area contributed by atoms with Crippen molar-refractivity contribution in [1.29, 1.82) is 0 Å². The Morgan fingerprint density at radius 3 is 2.32 bits per heavy atom. The Morgan fingerprint density at radius 1 is 1.03 bits per heavy atom. The largest absolute Gasteiger partial charge is 0.455 e. The Hall–Kier alpha value is -4.48. The molecule has 0 fully saturated rings. The SMILES string of the molecule is Cc1ccc(S(=O)(=O)N(CC(=O)N/N=C\c2ccc(-c3ccc([N+](=O)[O-])cc3)o2)c2ccc(Cl)cc2)cc1. The van der Waals surface area contributed by atoms with E-state index in [4.69, 9.17) is 16.0 Å². The van der Waals surface area contributed by atoms with Crippen LogP contribution in [-0.4, -0.2) is 32.0 Å². The number of halogens is 1. The van der Waals surface area contributed by atoms with E-state index in [0.29, 0.717) is 22.1 Å². The van der Waals surface area contributed by atoms with Gasteiger partial charge in [-0.25, -0.2) is 13.8 Å². The molecule has 0 radical (unpaired) electrons. The molecule has 38 heavy (non-hydrogen) atoms. The number of hydrazone groups is 1. The van der Waals surface area contributed by atoms with Crippen LogP contribution in [0.25, 0.3) is 11.3 Å². The number of nitrogens with one attached hydrogen (secondary N) is 1. The van der Waals surface area contributed by atoms with Gasteiger partial charge in [0.25, 0.3) is 21.6 Å². The van der Waals surface area contributed by atoms with E-state index in [1.807, 2.05) is 6.92 Å². The zero-order valence-corrected chi connectivity index (χ0v) is 21.5. The van der Waals surface area contributed by atoms with Gasteiger partial charge in [-0.2, -0.15) is 5.10 Å². The van der Waals surface area contributed by atoms with E-state index < -0.39 is 27.4 Å². The predicted molar refractivity (Wildman–Crippen MR) is 144 cm³/mol. The van der Waals surface area contributed by atoms with E-state index in [1.165, 1.54) is 54.7 Å². The smallest absolute Gasteiger partial charge is 0.269 e. The standard InChI is InChI=1S/C26H21ClN4O6S/c1-18-2-13-24(14-3-18)38(35,36)30(21-10-6-20(27)7-11-21)17-26(32)29-28-16-23-12-15-25(37-23)19-4-8-22(9-5-19)31(33)34/h2-16H,17H2,1H3,(H,29,32)/b28-16-. The number of benzene rings is 3. The first kappa shape index (κ1) is 26.6. The van der Waals surface area contributed by atoms with Gasteiger partial charge in [0, 0.05) is 22.7 Å². The van der Waals surface area contributed by atoms with Crippen molar-refractivity contribution in [2.24, 2.45) is 5.10 Å². The van der Waals surface area contributed by atoms with Gasteiger partial charge in [-0.3, -0.25) is 19.2 Å². The number of rotatable bonds is 9. The van der Waals surface area contributed by atoms with Gasteiger partial charge in [-0.1, -0.05) is 29.3 Å². The van der Waals surface area contributed by atoms with Crippen molar-refractivity contribution in [1.82, 2.24) is 5.43 Å². The average Bonchev–Trinajstić information content (AvgIpc) is 3.37. The molecule has 3 aromatic carbocycles. The summed E-state index contributed by atoms with van der Waals surface area (Å²) in [5.74, 6) is 0.0697. The molecule has 12 heteroatoms. The first-order chi connectivity index (χ1) is 18.1. The molecule has 194 valence electrons. The van der Waals surface area contributed by atoms with E-state index in [-0.39, 0.29) is 16.3 Å². The Morgan fingerprint density at radius 2 is 1.68 bits per heavy atom. The van der Waals surface area contributed by atoms with Crippen LogP contribution in [0.2, 0.25) is 5.02 Å². The molecular formula is C26H21ClN4O6S. The van der Waals surface area contributed by atoms with Crippen molar-refractivity contribution in [3.05, 3.63) is 111 Å². The minimum absolute atomic E-state index is 0.0312. The molecule has 0 aliphatic heterocycles. The maximum absolute atomic E-state index is 13.4. The molecule has 0 bridgehead atoms. The highest BCUT2D eigenvalue weighted by Crippen LogP contribution is 2.26. The van der Waals surface area contributed by atoms with Crippen LogP contribution >= 0.6 is 11.6 Å². The minimum atomic E-state index is -4.07. The molecule has 0 aliphatic rings. The first-order valence-corrected chi connectivity index (χ1v) is 13.0. The van der Waals surface area contributed by atoms with Gasteiger partial charge in [0.1, 0.15) is 18.1 Å². The van der Waals surface area contributed by atoms with E-state index in [2.05, 4.69) is 10.5 Å². The van der Waals surface area contributed by atoms with Gasteiger partial charge >= 0.3 is 0 Å². The second-order valence-electron chi connectivity index (χ2n) is 8.10. The molecule has 1 amide bonds. The fourth-order valence-corrected chi connectivity index (χ4v) is 4.97. The number of hydrogen-bond donors (Lipinski definition) is 1. The summed E-state index contributed by atoms with van der Waals surface area (Å²) in [6, 6.07) is 21.5. The van der Waals surface area contributed by atoms with Crippen molar-refractivity contribution >= 4 is 45.1 Å². The number of hydrogen-bond acceptors (Lipinski definition) is 7. The summed E-state index contributed by atoms with van der Waals surface area (Å²) in [5.41, 5.74) is 4.04. The molecule has 0 saturated heterocycles. The van der Waals surface area contributed by atoms with Crippen LogP contribution in [0, 0.1) is 17.0 Å². The number of nitrogens with zero attached hydrogens (tertiary/aromatic N) is 3. The van der Waals surface area contributed by atoms with Gasteiger partial charge < -0.3 is 4.42 Å². The van der Waals surface area contributed by atoms with E-state index in [1.54, 1.807) is 36.4 Å². The lowest BCUT2D eigenvalue weighted by Crippen LogP contribution is -2.39. The number of non-ortho nitro benzene ring substituents is 1. The van der Waals surface area contributed by atoms with Crippen LogP contribution in [0.1, 0.15) is 11.3 Å². The zero-order chi connectivity index (χ0) is 27.3. The molecule has 1 aromatic heterocycles. The number of anilines is 1. The Bertz CT molecular complexity index is 1580. The monoisotopic (exact) mass is 552 g/mol. The van der Waals surface area contributed by atoms with Crippen LogP contribution in [0.3, 0.4) is 0 Å². The normalized spacial score (nSPS) is 11.4. The molecular weight excluding hydrogens is 532 g/mol. The van der Waals surface area contributed by atoms with Gasteiger partial charge in [0.05, 0.1) is 21.7 Å². The van der Waals surface area contributed by atoms with Crippen LogP contribution in [0.4, 0.5) is 11.4 Å². The summed E-state index contributed by atoms with van der Waals surface area (Å²) in [6.45, 7) is 1.30. The number of nitro benzene ring substituents is 1. The number of furan rings is 1. The van der Waals surface area contributed by atoms with E-state index >= 15 is 0 Å². The maximum Gasteiger partial charge on any atom is 0.269 e. The number of sulfonamides is 1. The number of nitro groups is 1. The van der Waals surface area contributed by atoms with Gasteiger partial charge in [-0.15, -0.1) is 0 Å². The highest BCUT2D eigenvalue weighted by atomic mass is 35.5. The number of carbonyl (C=O) groups excluding carboxylic acids is 1. The van der Waals surface area contributed by atoms with Gasteiger partial charge in [0.2, 0.25) is 0 Å². The second-order valence-corrected chi connectivity index (χ2v) is 10.4. The van der Waals surface area contributed by atoms with Crippen LogP contribution < -0.4 is 9.73 Å². The summed E-state index contributed by atoms with van der Waals surface area (Å²) in [6.07, 6.45) is 1.26. The third-order valence-corrected chi connectivity index (χ3v) is 7.42. The van der Waals surface area contributed by atoms with E-state index in [9.17, 15) is 23.3 Å². The fourth-order valence-electron chi connectivity index (χ4n) is 3.42. The molecule has 0 aliphatic carbocycles. The van der Waals surface area contributed by atoms with Crippen molar-refractivity contribution in [3.8, 4) is 11.3 Å². The average molecular weight is 553 g/mol. The molecule has 0 spiro atoms. The fraction of sp³-hybridized carbons (Fsp3) is 0.0769. The summed E-state index contributed by atoms with van der Waals surface area (Å²) in [7, 11) is -4.07. The Labute approximate surface area is 223 Å². The van der Waals surface area contributed by atoms with Crippen molar-refractivity contribution in [2.45, 2.75) is 11.8 Å². The molecule has 4 rings (SSSR count). The zero-order valence-electron chi connectivity index (χ0n) is 19.9. The molecule has 1 N–H and O–H groups in total. The highest BCUT2D eigenvalue weighted by molar-refractivity contribution is 7.92. The Kier molecular flexibility index (Phi) is 7.89. The molecule has 0 unspecified atom stereocenters. The van der Waals surface area contributed by atoms with Crippen LogP contribution in [0.15, 0.2) is 99.3 Å². The number of carbonyl (C=O) groups is 1. The second kappa shape index (κ2) is 11.3. The highest BCUT2D eigenvalue weighted by Gasteiger charge is 2.27. The molecule has 10 nitrogen and oxygen atoms in total. The van der Waals surface area contributed by atoms with Gasteiger partial charge in [-0.05, 0) is 67.6 Å². The lowest BCUT2D eigenvalue weighted by Gasteiger charge is -2.23. The predicted octanol–water partition coefficient (Wildman–Crippen LogP) is 5.16. The molecule has 1 heterocycles. The topological polar surface area (TPSA) is 135 Å². The first-order valence-electron chi connectivity index (χ1n) is 11.1. The van der Waals surface area contributed by atoms with E-state index in [0.717, 1.165) is 9.87 Å². The molecule has 0 saturated carbocycles. The quantitative estimate of drug-likeness (QED) is 0.173. The summed E-state index contributed by atoms with van der Waals surface area (Å²) in [5, 5.41) is 15.1. The van der Waals surface area contributed by atoms with Crippen LogP contribution in [0.5, 0.6) is 0 Å². The summed E-state index contributed by atoms with van der Waals surface area (Å²) < 4.78 is 33.4. The third kappa shape index (κ3) is 6.25. The summed E-state index contributed by atoms with van der Waals surface area (Å²) in [4.78, 5) is 23.0. The lowest BCUT2D eigenvalue weighted by atomic mass is 10.1. The Balaban J connectivity index is 1.47. The van der Waals surface area contributed by atoms with Crippen molar-refractivity contribution in [3.63, 3.8) is 0 Å². The van der Waals surface area contributed by atoms with Crippen molar-refractivity contribution < 1.29 is 22.6 Å². The third-order valence-electron chi connectivity index (χ3n) is 5.38. The number of amides is 1. The summed E-state index contributed by atoms with van der Waals surface area (Å²) >= 11 is 5.96.